The summed E-state index contributed by atoms with van der Waals surface area (Å²) in [4.78, 5) is 25.8. The maximum absolute atomic E-state index is 12.5. The number of halogens is 1. The number of nitrogens with zero attached hydrogens (tertiary/aromatic N) is 1. The van der Waals surface area contributed by atoms with Gasteiger partial charge in [-0.15, -0.1) is 0 Å². The van der Waals surface area contributed by atoms with E-state index in [1.807, 2.05) is 12.1 Å². The summed E-state index contributed by atoms with van der Waals surface area (Å²) in [6.07, 6.45) is 1.90. The fourth-order valence-corrected chi connectivity index (χ4v) is 2.30. The smallest absolute Gasteiger partial charge is 0.328 e. The van der Waals surface area contributed by atoms with Gasteiger partial charge in [0.15, 0.2) is 0 Å². The Balaban J connectivity index is 2.21. The molecular weight excluding hydrogens is 310 g/mol. The highest BCUT2D eigenvalue weighted by Crippen LogP contribution is 2.30. The molecule has 0 saturated heterocycles. The zero-order valence-corrected chi connectivity index (χ0v) is 12.5. The van der Waals surface area contributed by atoms with Gasteiger partial charge >= 0.3 is 5.97 Å². The molecule has 0 spiro atoms. The van der Waals surface area contributed by atoms with E-state index in [1.54, 1.807) is 24.0 Å². The number of esters is 1. The van der Waals surface area contributed by atoms with E-state index in [0.717, 1.165) is 17.3 Å². The molecule has 0 unspecified atom stereocenters. The molecule has 19 heavy (non-hydrogen) atoms. The largest absolute Gasteiger partial charge is 0.467 e. The number of hydrogen-bond acceptors (Lipinski definition) is 3. The lowest BCUT2D eigenvalue weighted by Crippen LogP contribution is -2.45. The third-order valence-electron chi connectivity index (χ3n) is 3.23. The van der Waals surface area contributed by atoms with Crippen LogP contribution in [0.5, 0.6) is 0 Å². The van der Waals surface area contributed by atoms with Crippen molar-refractivity contribution in [1.29, 1.82) is 0 Å². The first kappa shape index (κ1) is 14.1. The van der Waals surface area contributed by atoms with E-state index in [-0.39, 0.29) is 17.9 Å². The molecular formula is C14H16BrNO3. The molecule has 5 heteroatoms. The summed E-state index contributed by atoms with van der Waals surface area (Å²) >= 11 is 3.34. The minimum atomic E-state index is -0.548. The Labute approximate surface area is 120 Å². The number of methoxy groups -OCH3 is 1. The van der Waals surface area contributed by atoms with Crippen LogP contribution in [-0.4, -0.2) is 36.0 Å². The Morgan fingerprint density at radius 1 is 1.32 bits per heavy atom. The Bertz CT molecular complexity index is 482. The summed E-state index contributed by atoms with van der Waals surface area (Å²) in [5.74, 6) is -0.495. The zero-order valence-electron chi connectivity index (χ0n) is 10.9. The van der Waals surface area contributed by atoms with E-state index in [2.05, 4.69) is 15.9 Å². The molecule has 0 heterocycles. The predicted octanol–water partition coefficient (Wildman–Crippen LogP) is 2.62. The summed E-state index contributed by atoms with van der Waals surface area (Å²) < 4.78 is 5.66. The molecule has 0 radical (unpaired) electrons. The standard InChI is InChI=1S/C14H16BrNO3/c1-9(14(18)19-2)16(12-7-8-12)13(17)10-3-5-11(15)6-4-10/h3-6,9,12H,7-8H2,1-2H3/t9-/m1/s1. The molecule has 0 aliphatic heterocycles. The van der Waals surface area contributed by atoms with Crippen molar-refractivity contribution in [1.82, 2.24) is 4.90 Å². The Kier molecular flexibility index (Phi) is 4.24. The van der Waals surface area contributed by atoms with E-state index in [0.29, 0.717) is 5.56 Å². The van der Waals surface area contributed by atoms with Crippen LogP contribution < -0.4 is 0 Å². The first-order valence-corrected chi connectivity index (χ1v) is 7.00. The SMILES string of the molecule is COC(=O)[C@@H](C)N(C(=O)c1ccc(Br)cc1)C1CC1. The lowest BCUT2D eigenvalue weighted by atomic mass is 10.1. The van der Waals surface area contributed by atoms with Gasteiger partial charge in [0.05, 0.1) is 7.11 Å². The van der Waals surface area contributed by atoms with Crippen LogP contribution in [0.4, 0.5) is 0 Å². The number of ether oxygens (including phenoxy) is 1. The molecule has 0 N–H and O–H groups in total. The van der Waals surface area contributed by atoms with Gasteiger partial charge in [-0.1, -0.05) is 15.9 Å². The van der Waals surface area contributed by atoms with Gasteiger partial charge in [0.2, 0.25) is 0 Å². The fourth-order valence-electron chi connectivity index (χ4n) is 2.04. The minimum Gasteiger partial charge on any atom is -0.467 e. The molecule has 1 atom stereocenters. The summed E-state index contributed by atoms with van der Waals surface area (Å²) in [6.45, 7) is 1.71. The average Bonchev–Trinajstić information content (AvgIpc) is 3.23. The second kappa shape index (κ2) is 5.74. The predicted molar refractivity (Wildman–Crippen MR) is 74.8 cm³/mol. The molecule has 1 aliphatic carbocycles. The van der Waals surface area contributed by atoms with E-state index in [9.17, 15) is 9.59 Å². The highest BCUT2D eigenvalue weighted by molar-refractivity contribution is 9.10. The Morgan fingerprint density at radius 3 is 2.37 bits per heavy atom. The van der Waals surface area contributed by atoms with E-state index in [4.69, 9.17) is 4.74 Å². The maximum Gasteiger partial charge on any atom is 0.328 e. The normalized spacial score (nSPS) is 15.7. The van der Waals surface area contributed by atoms with Crippen LogP contribution in [0.15, 0.2) is 28.7 Å². The molecule has 1 saturated carbocycles. The lowest BCUT2D eigenvalue weighted by molar-refractivity contribution is -0.145. The summed E-state index contributed by atoms with van der Waals surface area (Å²) in [5, 5.41) is 0. The molecule has 0 aromatic heterocycles. The van der Waals surface area contributed by atoms with Gasteiger partial charge < -0.3 is 9.64 Å². The van der Waals surface area contributed by atoms with Gasteiger partial charge in [-0.05, 0) is 44.0 Å². The van der Waals surface area contributed by atoms with Crippen LogP contribution in [-0.2, 0) is 9.53 Å². The molecule has 1 aromatic carbocycles. The number of hydrogen-bond donors (Lipinski definition) is 0. The quantitative estimate of drug-likeness (QED) is 0.799. The van der Waals surface area contributed by atoms with Crippen LogP contribution in [0.1, 0.15) is 30.1 Å². The van der Waals surface area contributed by atoms with E-state index in [1.165, 1.54) is 7.11 Å². The van der Waals surface area contributed by atoms with Crippen molar-refractivity contribution in [2.45, 2.75) is 31.8 Å². The first-order chi connectivity index (χ1) is 9.04. The first-order valence-electron chi connectivity index (χ1n) is 6.20. The Morgan fingerprint density at radius 2 is 1.89 bits per heavy atom. The number of rotatable bonds is 4. The van der Waals surface area contributed by atoms with Gasteiger partial charge in [0.25, 0.3) is 5.91 Å². The Hall–Kier alpha value is -1.36. The van der Waals surface area contributed by atoms with Crippen LogP contribution in [0.3, 0.4) is 0 Å². The van der Waals surface area contributed by atoms with Gasteiger partial charge in [-0.25, -0.2) is 4.79 Å². The van der Waals surface area contributed by atoms with Crippen molar-refractivity contribution >= 4 is 27.8 Å². The minimum absolute atomic E-state index is 0.118. The number of carbonyl (C=O) groups is 2. The van der Waals surface area contributed by atoms with Crippen LogP contribution in [0.25, 0.3) is 0 Å². The third-order valence-corrected chi connectivity index (χ3v) is 3.75. The molecule has 2 rings (SSSR count). The van der Waals surface area contributed by atoms with Crippen molar-refractivity contribution in [2.24, 2.45) is 0 Å². The molecule has 1 amide bonds. The zero-order chi connectivity index (χ0) is 14.0. The second-order valence-electron chi connectivity index (χ2n) is 4.65. The van der Waals surface area contributed by atoms with Crippen LogP contribution in [0.2, 0.25) is 0 Å². The maximum atomic E-state index is 12.5. The lowest BCUT2D eigenvalue weighted by Gasteiger charge is -2.27. The summed E-state index contributed by atoms with van der Waals surface area (Å²) in [7, 11) is 1.34. The van der Waals surface area contributed by atoms with Crippen molar-refractivity contribution in [3.05, 3.63) is 34.3 Å². The van der Waals surface area contributed by atoms with Crippen molar-refractivity contribution < 1.29 is 14.3 Å². The molecule has 102 valence electrons. The highest BCUT2D eigenvalue weighted by atomic mass is 79.9. The van der Waals surface area contributed by atoms with Crippen LogP contribution in [0, 0.1) is 0 Å². The van der Waals surface area contributed by atoms with Gasteiger partial charge in [-0.2, -0.15) is 0 Å². The van der Waals surface area contributed by atoms with Gasteiger partial charge in [0, 0.05) is 16.1 Å². The second-order valence-corrected chi connectivity index (χ2v) is 5.57. The molecule has 1 aromatic rings. The van der Waals surface area contributed by atoms with E-state index >= 15 is 0 Å². The summed E-state index contributed by atoms with van der Waals surface area (Å²) in [6, 6.07) is 6.76. The monoisotopic (exact) mass is 325 g/mol. The third kappa shape index (κ3) is 3.15. The number of benzene rings is 1. The van der Waals surface area contributed by atoms with Crippen molar-refractivity contribution in [3.8, 4) is 0 Å². The van der Waals surface area contributed by atoms with E-state index < -0.39 is 6.04 Å². The fraction of sp³-hybridized carbons (Fsp3) is 0.429. The average molecular weight is 326 g/mol. The topological polar surface area (TPSA) is 46.6 Å². The van der Waals surface area contributed by atoms with Crippen molar-refractivity contribution in [2.75, 3.05) is 7.11 Å². The molecule has 1 fully saturated rings. The molecule has 1 aliphatic rings. The molecule has 4 nitrogen and oxygen atoms in total. The number of carbonyl (C=O) groups excluding carboxylic acids is 2. The van der Waals surface area contributed by atoms with Crippen molar-refractivity contribution in [3.63, 3.8) is 0 Å². The highest BCUT2D eigenvalue weighted by Gasteiger charge is 2.39. The van der Waals surface area contributed by atoms with Gasteiger partial charge in [-0.3, -0.25) is 4.79 Å². The van der Waals surface area contributed by atoms with Gasteiger partial charge in [0.1, 0.15) is 6.04 Å². The molecule has 0 bridgehead atoms. The summed E-state index contributed by atoms with van der Waals surface area (Å²) in [5.41, 5.74) is 0.589. The van der Waals surface area contributed by atoms with Crippen LogP contribution >= 0.6 is 15.9 Å². The number of amides is 1.